The van der Waals surface area contributed by atoms with Crippen LogP contribution >= 0.6 is 0 Å². The lowest BCUT2D eigenvalue weighted by Crippen LogP contribution is -2.23. The fourth-order valence-electron chi connectivity index (χ4n) is 2.32. The van der Waals surface area contributed by atoms with Crippen molar-refractivity contribution in [3.8, 4) is 0 Å². The fourth-order valence-corrected chi connectivity index (χ4v) is 2.32. The number of oxazole rings is 1. The zero-order valence-electron chi connectivity index (χ0n) is 11.1. The standard InChI is InChI=1S/C15H17N3O2/c19-14(17-9-11-5-2-1-3-6-11)13-10-20-15(18-13)12-7-4-8-16-12/h1-3,5-6,10,12,16H,4,7-9H2,(H,17,19). The summed E-state index contributed by atoms with van der Waals surface area (Å²) >= 11 is 0. The van der Waals surface area contributed by atoms with Crippen LogP contribution in [0.2, 0.25) is 0 Å². The predicted molar refractivity (Wildman–Crippen MR) is 74.1 cm³/mol. The van der Waals surface area contributed by atoms with Gasteiger partial charge in [0.15, 0.2) is 5.69 Å². The molecule has 5 nitrogen and oxygen atoms in total. The normalized spacial score (nSPS) is 18.1. The Balaban J connectivity index is 1.59. The van der Waals surface area contributed by atoms with Crippen molar-refractivity contribution in [1.82, 2.24) is 15.6 Å². The highest BCUT2D eigenvalue weighted by Crippen LogP contribution is 2.22. The maximum Gasteiger partial charge on any atom is 0.273 e. The molecule has 2 aromatic rings. The lowest BCUT2D eigenvalue weighted by atomic mass is 10.2. The van der Waals surface area contributed by atoms with Crippen molar-refractivity contribution in [2.24, 2.45) is 0 Å². The molecule has 0 spiro atoms. The van der Waals surface area contributed by atoms with Crippen molar-refractivity contribution in [2.75, 3.05) is 6.54 Å². The third-order valence-electron chi connectivity index (χ3n) is 3.41. The first kappa shape index (κ1) is 12.9. The first-order valence-electron chi connectivity index (χ1n) is 6.84. The van der Waals surface area contributed by atoms with Crippen LogP contribution in [0.25, 0.3) is 0 Å². The Bertz CT molecular complexity index is 574. The average Bonchev–Trinajstić information content (AvgIpc) is 3.16. The average molecular weight is 271 g/mol. The molecule has 1 aromatic heterocycles. The van der Waals surface area contributed by atoms with Gasteiger partial charge in [0.2, 0.25) is 5.89 Å². The van der Waals surface area contributed by atoms with Crippen LogP contribution in [0.1, 0.15) is 40.8 Å². The van der Waals surface area contributed by atoms with Gasteiger partial charge in [0.1, 0.15) is 6.26 Å². The van der Waals surface area contributed by atoms with Gasteiger partial charge < -0.3 is 15.1 Å². The molecular formula is C15H17N3O2. The summed E-state index contributed by atoms with van der Waals surface area (Å²) in [5.41, 5.74) is 1.40. The van der Waals surface area contributed by atoms with Crippen molar-refractivity contribution in [3.63, 3.8) is 0 Å². The molecule has 1 fully saturated rings. The highest BCUT2D eigenvalue weighted by Gasteiger charge is 2.22. The monoisotopic (exact) mass is 271 g/mol. The summed E-state index contributed by atoms with van der Waals surface area (Å²) in [5.74, 6) is 0.397. The molecule has 1 aliphatic heterocycles. The van der Waals surface area contributed by atoms with E-state index in [-0.39, 0.29) is 11.9 Å². The molecule has 104 valence electrons. The van der Waals surface area contributed by atoms with E-state index in [0.29, 0.717) is 18.1 Å². The second kappa shape index (κ2) is 5.88. The molecular weight excluding hydrogens is 254 g/mol. The fraction of sp³-hybridized carbons (Fsp3) is 0.333. The second-order valence-corrected chi connectivity index (χ2v) is 4.89. The minimum atomic E-state index is -0.207. The first-order valence-corrected chi connectivity index (χ1v) is 6.84. The Labute approximate surface area is 117 Å². The molecule has 1 amide bonds. The maximum atomic E-state index is 12.0. The quantitative estimate of drug-likeness (QED) is 0.893. The van der Waals surface area contributed by atoms with Crippen molar-refractivity contribution in [1.29, 1.82) is 0 Å². The minimum Gasteiger partial charge on any atom is -0.446 e. The zero-order chi connectivity index (χ0) is 13.8. The van der Waals surface area contributed by atoms with Gasteiger partial charge in [0.05, 0.1) is 6.04 Å². The summed E-state index contributed by atoms with van der Waals surface area (Å²) in [5, 5.41) is 6.13. The van der Waals surface area contributed by atoms with Gasteiger partial charge in [-0.2, -0.15) is 0 Å². The largest absolute Gasteiger partial charge is 0.446 e. The van der Waals surface area contributed by atoms with Crippen LogP contribution in [0.5, 0.6) is 0 Å². The van der Waals surface area contributed by atoms with E-state index in [9.17, 15) is 4.79 Å². The van der Waals surface area contributed by atoms with Crippen LogP contribution < -0.4 is 10.6 Å². The maximum absolute atomic E-state index is 12.0. The topological polar surface area (TPSA) is 67.2 Å². The molecule has 0 aliphatic carbocycles. The van der Waals surface area contributed by atoms with Crippen LogP contribution in [0.3, 0.4) is 0 Å². The smallest absolute Gasteiger partial charge is 0.273 e. The van der Waals surface area contributed by atoms with E-state index in [1.165, 1.54) is 6.26 Å². The molecule has 1 atom stereocenters. The zero-order valence-corrected chi connectivity index (χ0v) is 11.1. The Kier molecular flexibility index (Phi) is 3.78. The molecule has 0 bridgehead atoms. The molecule has 1 unspecified atom stereocenters. The Morgan fingerprint density at radius 2 is 2.25 bits per heavy atom. The second-order valence-electron chi connectivity index (χ2n) is 4.89. The number of amides is 1. The molecule has 2 N–H and O–H groups in total. The van der Waals surface area contributed by atoms with E-state index in [0.717, 1.165) is 24.9 Å². The van der Waals surface area contributed by atoms with E-state index in [1.807, 2.05) is 30.3 Å². The van der Waals surface area contributed by atoms with Crippen molar-refractivity contribution in [2.45, 2.75) is 25.4 Å². The van der Waals surface area contributed by atoms with Gasteiger partial charge in [-0.25, -0.2) is 4.98 Å². The minimum absolute atomic E-state index is 0.144. The molecule has 5 heteroatoms. The predicted octanol–water partition coefficient (Wildman–Crippen LogP) is 2.03. The molecule has 2 heterocycles. The van der Waals surface area contributed by atoms with Crippen LogP contribution in [-0.4, -0.2) is 17.4 Å². The van der Waals surface area contributed by atoms with E-state index in [2.05, 4.69) is 15.6 Å². The summed E-state index contributed by atoms with van der Waals surface area (Å²) < 4.78 is 5.39. The van der Waals surface area contributed by atoms with Gasteiger partial charge in [-0.3, -0.25) is 4.79 Å². The number of rotatable bonds is 4. The van der Waals surface area contributed by atoms with Crippen molar-refractivity contribution < 1.29 is 9.21 Å². The third-order valence-corrected chi connectivity index (χ3v) is 3.41. The number of benzene rings is 1. The first-order chi connectivity index (χ1) is 9.83. The molecule has 1 aromatic carbocycles. The van der Waals surface area contributed by atoms with E-state index in [4.69, 9.17) is 4.42 Å². The van der Waals surface area contributed by atoms with Gasteiger partial charge in [-0.1, -0.05) is 30.3 Å². The molecule has 1 saturated heterocycles. The summed E-state index contributed by atoms with van der Waals surface area (Å²) in [6, 6.07) is 9.92. The number of nitrogens with one attached hydrogen (secondary N) is 2. The summed E-state index contributed by atoms with van der Waals surface area (Å²) in [6.07, 6.45) is 3.55. The molecule has 3 rings (SSSR count). The van der Waals surface area contributed by atoms with E-state index in [1.54, 1.807) is 0 Å². The Morgan fingerprint density at radius 1 is 1.40 bits per heavy atom. The lowest BCUT2D eigenvalue weighted by Gasteiger charge is -2.03. The highest BCUT2D eigenvalue weighted by molar-refractivity contribution is 5.91. The Morgan fingerprint density at radius 3 is 3.00 bits per heavy atom. The third kappa shape index (κ3) is 2.88. The van der Waals surface area contributed by atoms with Crippen LogP contribution in [0.15, 0.2) is 41.0 Å². The van der Waals surface area contributed by atoms with Crippen LogP contribution in [0.4, 0.5) is 0 Å². The van der Waals surface area contributed by atoms with Crippen LogP contribution in [-0.2, 0) is 6.54 Å². The van der Waals surface area contributed by atoms with Gasteiger partial charge in [-0.05, 0) is 24.9 Å². The number of carbonyl (C=O) groups excluding carboxylic acids is 1. The SMILES string of the molecule is O=C(NCc1ccccc1)c1coc(C2CCCN2)n1. The van der Waals surface area contributed by atoms with Crippen molar-refractivity contribution in [3.05, 3.63) is 53.7 Å². The van der Waals surface area contributed by atoms with Crippen LogP contribution in [0, 0.1) is 0 Å². The molecule has 0 saturated carbocycles. The van der Waals surface area contributed by atoms with Gasteiger partial charge in [0, 0.05) is 6.54 Å². The van der Waals surface area contributed by atoms with Crippen molar-refractivity contribution >= 4 is 5.91 Å². The Hall–Kier alpha value is -2.14. The molecule has 0 radical (unpaired) electrons. The number of nitrogens with zero attached hydrogens (tertiary/aromatic N) is 1. The van der Waals surface area contributed by atoms with Gasteiger partial charge in [-0.15, -0.1) is 0 Å². The van der Waals surface area contributed by atoms with Gasteiger partial charge >= 0.3 is 0 Å². The molecule has 1 aliphatic rings. The van der Waals surface area contributed by atoms with E-state index < -0.39 is 0 Å². The number of carbonyl (C=O) groups is 1. The number of hydrogen-bond donors (Lipinski definition) is 2. The van der Waals surface area contributed by atoms with E-state index >= 15 is 0 Å². The highest BCUT2D eigenvalue weighted by atomic mass is 16.3. The summed E-state index contributed by atoms with van der Waals surface area (Å²) in [6.45, 7) is 1.46. The number of hydrogen-bond acceptors (Lipinski definition) is 4. The summed E-state index contributed by atoms with van der Waals surface area (Å²) in [4.78, 5) is 16.3. The molecule has 20 heavy (non-hydrogen) atoms. The summed E-state index contributed by atoms with van der Waals surface area (Å²) in [7, 11) is 0. The number of aromatic nitrogens is 1. The lowest BCUT2D eigenvalue weighted by molar-refractivity contribution is 0.0946. The van der Waals surface area contributed by atoms with Gasteiger partial charge in [0.25, 0.3) is 5.91 Å².